The minimum absolute atomic E-state index is 0.0889. The third-order valence-corrected chi connectivity index (χ3v) is 13.9. The number of carbonyl (C=O) groups is 3. The van der Waals surface area contributed by atoms with Crippen LogP contribution in [0.5, 0.6) is 5.75 Å². The second-order valence-corrected chi connectivity index (χ2v) is 17.4. The van der Waals surface area contributed by atoms with Crippen LogP contribution in [0.15, 0.2) is 91.1 Å². The Balaban J connectivity index is 0.751. The average molecular weight is 798 g/mol. The summed E-state index contributed by atoms with van der Waals surface area (Å²) in [6.07, 6.45) is 11.0. The van der Waals surface area contributed by atoms with Crippen LogP contribution in [0.2, 0.25) is 0 Å². The van der Waals surface area contributed by atoms with Gasteiger partial charge in [0, 0.05) is 62.0 Å². The van der Waals surface area contributed by atoms with E-state index in [1.54, 1.807) is 18.3 Å². The van der Waals surface area contributed by atoms with Crippen molar-refractivity contribution in [3.8, 4) is 17.0 Å². The molecule has 9 rings (SSSR count). The molecule has 308 valence electrons. The van der Waals surface area contributed by atoms with Crippen molar-refractivity contribution in [1.82, 2.24) is 26.1 Å². The molecule has 4 aromatic rings. The molecular formula is C47H55N7O5. The first-order chi connectivity index (χ1) is 28.8. The van der Waals surface area contributed by atoms with E-state index in [1.165, 1.54) is 0 Å². The van der Waals surface area contributed by atoms with Crippen LogP contribution in [0.3, 0.4) is 0 Å². The Hall–Kier alpha value is -5.33. The number of nitrogens with one attached hydrogen (secondary N) is 3. The molecule has 12 nitrogen and oxygen atoms in total. The number of aromatic hydroxyl groups is 1. The first-order valence-electron chi connectivity index (χ1n) is 21.6. The summed E-state index contributed by atoms with van der Waals surface area (Å²) in [6, 6.07) is 28.6. The lowest BCUT2D eigenvalue weighted by atomic mass is 9.71. The van der Waals surface area contributed by atoms with Crippen molar-refractivity contribution >= 4 is 29.1 Å². The molecule has 4 aliphatic heterocycles. The molecule has 5 fully saturated rings. The van der Waals surface area contributed by atoms with Gasteiger partial charge in [-0.25, -0.2) is 0 Å². The highest BCUT2D eigenvalue weighted by atomic mass is 16.5. The maximum Gasteiger partial charge on any atom is 0.234 e. The van der Waals surface area contributed by atoms with Crippen LogP contribution in [-0.4, -0.2) is 89.5 Å². The van der Waals surface area contributed by atoms with Gasteiger partial charge in [0.25, 0.3) is 0 Å². The van der Waals surface area contributed by atoms with Crippen LogP contribution >= 0.6 is 0 Å². The molecular weight excluding hydrogens is 743 g/mol. The van der Waals surface area contributed by atoms with Gasteiger partial charge in [-0.1, -0.05) is 54.6 Å². The molecule has 12 heteroatoms. The van der Waals surface area contributed by atoms with Crippen LogP contribution in [0.1, 0.15) is 87.7 Å². The van der Waals surface area contributed by atoms with Crippen molar-refractivity contribution in [2.24, 2.45) is 0 Å². The van der Waals surface area contributed by atoms with Gasteiger partial charge >= 0.3 is 0 Å². The highest BCUT2D eigenvalue weighted by molar-refractivity contribution is 6.01. The van der Waals surface area contributed by atoms with Gasteiger partial charge < -0.3 is 30.3 Å². The van der Waals surface area contributed by atoms with E-state index in [-0.39, 0.29) is 41.0 Å². The molecule has 1 aliphatic carbocycles. The molecule has 4 N–H and O–H groups in total. The summed E-state index contributed by atoms with van der Waals surface area (Å²) in [5, 5.41) is 28.9. The maximum absolute atomic E-state index is 14.4. The number of nitrogens with zero attached hydrogens (tertiary/aromatic N) is 4. The Morgan fingerprint density at radius 1 is 0.780 bits per heavy atom. The number of para-hydroxylation sites is 1. The largest absolute Gasteiger partial charge is 0.507 e. The zero-order valence-corrected chi connectivity index (χ0v) is 33.7. The van der Waals surface area contributed by atoms with E-state index < -0.39 is 5.41 Å². The number of rotatable bonds is 9. The first kappa shape index (κ1) is 39.1. The molecule has 3 aromatic carbocycles. The van der Waals surface area contributed by atoms with E-state index in [1.807, 2.05) is 48.5 Å². The van der Waals surface area contributed by atoms with Gasteiger partial charge in [0.05, 0.1) is 41.1 Å². The van der Waals surface area contributed by atoms with Crippen LogP contribution in [0.4, 0.5) is 11.4 Å². The second kappa shape index (κ2) is 16.7. The highest BCUT2D eigenvalue weighted by Gasteiger charge is 2.45. The molecule has 5 heterocycles. The number of phenolic OH excluding ortho intramolecular Hbond substituents is 1. The second-order valence-electron chi connectivity index (χ2n) is 17.4. The molecule has 5 aliphatic rings. The number of amides is 3. The lowest BCUT2D eigenvalue weighted by Gasteiger charge is -2.43. The molecule has 1 saturated carbocycles. The third kappa shape index (κ3) is 8.30. The zero-order valence-electron chi connectivity index (χ0n) is 33.7. The van der Waals surface area contributed by atoms with Gasteiger partial charge in [-0.2, -0.15) is 10.2 Å². The molecule has 0 radical (unpaired) electrons. The Labute approximate surface area is 346 Å². The van der Waals surface area contributed by atoms with E-state index >= 15 is 0 Å². The SMILES string of the molecule is O=C1CC[C@H](c2ccc(N3CCC4(CC3)CC(NC3CCC(NC(=O)C5(c6ccccc6)CCN(c6cnnc(-c7ccccc7O)c6)CC5)CC3)CO4)cc2)C(=O)N1. The fraction of sp³-hybridized carbons (Fsp3) is 0.468. The van der Waals surface area contributed by atoms with Gasteiger partial charge in [-0.15, -0.1) is 0 Å². The van der Waals surface area contributed by atoms with E-state index in [9.17, 15) is 19.5 Å². The predicted molar refractivity (Wildman–Crippen MR) is 226 cm³/mol. The van der Waals surface area contributed by atoms with Crippen molar-refractivity contribution < 1.29 is 24.2 Å². The predicted octanol–water partition coefficient (Wildman–Crippen LogP) is 5.75. The van der Waals surface area contributed by atoms with Crippen LogP contribution in [-0.2, 0) is 24.5 Å². The third-order valence-electron chi connectivity index (χ3n) is 13.9. The van der Waals surface area contributed by atoms with Crippen molar-refractivity contribution in [3.63, 3.8) is 0 Å². The standard InChI is InChI=1S/C47H55N7O5/c55-42-9-5-4-8-40(42)41-28-38(30-48-52-41)54-26-22-47(23-27-54,33-6-2-1-3-7-33)45(58)50-35-14-12-34(13-15-35)49-36-29-46(59-31-36)20-24-53(25-21-46)37-16-10-32(11-17-37)39-18-19-43(56)51-44(39)57/h1-11,16-17,28,30,34-36,39,49,55H,12-15,18-27,29,31H2,(H,50,58)(H,51,56,57)/t34?,35?,36?,39-/m1/s1. The summed E-state index contributed by atoms with van der Waals surface area (Å²) in [5.74, 6) is -0.340. The minimum Gasteiger partial charge on any atom is -0.507 e. The molecule has 1 unspecified atom stereocenters. The molecule has 1 aromatic heterocycles. The lowest BCUT2D eigenvalue weighted by Crippen LogP contribution is -2.55. The maximum atomic E-state index is 14.4. The molecule has 59 heavy (non-hydrogen) atoms. The molecule has 4 saturated heterocycles. The van der Waals surface area contributed by atoms with Crippen LogP contribution in [0, 0.1) is 0 Å². The smallest absolute Gasteiger partial charge is 0.234 e. The number of carbonyl (C=O) groups excluding carboxylic acids is 3. The highest BCUT2D eigenvalue weighted by Crippen LogP contribution is 2.40. The molecule has 1 spiro atoms. The summed E-state index contributed by atoms with van der Waals surface area (Å²) < 4.78 is 6.56. The monoisotopic (exact) mass is 797 g/mol. The summed E-state index contributed by atoms with van der Waals surface area (Å²) in [4.78, 5) is 43.0. The van der Waals surface area contributed by atoms with Gasteiger partial charge in [0.2, 0.25) is 17.7 Å². The number of imide groups is 1. The van der Waals surface area contributed by atoms with Crippen molar-refractivity contribution in [2.45, 2.75) is 106 Å². The van der Waals surface area contributed by atoms with E-state index in [0.717, 1.165) is 87.1 Å². The number of phenols is 1. The van der Waals surface area contributed by atoms with Crippen molar-refractivity contribution in [2.75, 3.05) is 42.6 Å². The molecule has 0 bridgehead atoms. The lowest BCUT2D eigenvalue weighted by molar-refractivity contribution is -0.134. The normalized spacial score (nSPS) is 25.4. The summed E-state index contributed by atoms with van der Waals surface area (Å²) in [5.41, 5.74) is 4.70. The van der Waals surface area contributed by atoms with Gasteiger partial charge in [-0.3, -0.25) is 19.7 Å². The van der Waals surface area contributed by atoms with Crippen LogP contribution < -0.4 is 25.8 Å². The number of benzene rings is 3. The van der Waals surface area contributed by atoms with Crippen molar-refractivity contribution in [1.29, 1.82) is 0 Å². The summed E-state index contributed by atoms with van der Waals surface area (Å²) in [6.45, 7) is 4.00. The number of anilines is 2. The summed E-state index contributed by atoms with van der Waals surface area (Å²) in [7, 11) is 0. The first-order valence-corrected chi connectivity index (χ1v) is 21.6. The van der Waals surface area contributed by atoms with E-state index in [4.69, 9.17) is 4.74 Å². The van der Waals surface area contributed by atoms with Gasteiger partial charge in [0.15, 0.2) is 0 Å². The van der Waals surface area contributed by atoms with Crippen molar-refractivity contribution in [3.05, 3.63) is 102 Å². The van der Waals surface area contributed by atoms with E-state index in [0.29, 0.717) is 62.1 Å². The molecule has 3 amide bonds. The number of hydrogen-bond acceptors (Lipinski definition) is 10. The van der Waals surface area contributed by atoms with E-state index in [2.05, 4.69) is 60.2 Å². The molecule has 2 atom stereocenters. The Kier molecular flexibility index (Phi) is 11.1. The summed E-state index contributed by atoms with van der Waals surface area (Å²) >= 11 is 0. The zero-order chi connectivity index (χ0) is 40.4. The number of hydrogen-bond donors (Lipinski definition) is 4. The minimum atomic E-state index is -0.613. The number of ether oxygens (including phenoxy) is 1. The fourth-order valence-electron chi connectivity index (χ4n) is 10.4. The Bertz CT molecular complexity index is 2120. The Morgan fingerprint density at radius 2 is 1.46 bits per heavy atom. The van der Waals surface area contributed by atoms with Gasteiger partial charge in [0.1, 0.15) is 5.75 Å². The Morgan fingerprint density at radius 3 is 2.19 bits per heavy atom. The topological polar surface area (TPSA) is 149 Å². The van der Waals surface area contributed by atoms with Gasteiger partial charge in [-0.05, 0) is 106 Å². The van der Waals surface area contributed by atoms with Crippen LogP contribution in [0.25, 0.3) is 11.3 Å². The average Bonchev–Trinajstić information content (AvgIpc) is 3.66. The number of aromatic nitrogens is 2. The fourth-order valence-corrected chi connectivity index (χ4v) is 10.4. The quantitative estimate of drug-likeness (QED) is 0.154. The number of piperidine rings is 3.